The van der Waals surface area contributed by atoms with Gasteiger partial charge in [0.1, 0.15) is 5.82 Å². The summed E-state index contributed by atoms with van der Waals surface area (Å²) in [6.07, 6.45) is 3.78. The Balaban J connectivity index is 2.40. The van der Waals surface area contributed by atoms with Crippen LogP contribution in [0.15, 0.2) is 24.5 Å². The molecule has 0 amide bonds. The molecular formula is C17H23FN2O. The predicted octanol–water partition coefficient (Wildman–Crippen LogP) is 3.94. The average molecular weight is 290 g/mol. The van der Waals surface area contributed by atoms with Gasteiger partial charge in [-0.2, -0.15) is 5.10 Å². The van der Waals surface area contributed by atoms with Crippen LogP contribution < -0.4 is 0 Å². The van der Waals surface area contributed by atoms with Gasteiger partial charge >= 0.3 is 0 Å². The molecule has 21 heavy (non-hydrogen) atoms. The Labute approximate surface area is 125 Å². The topological polar surface area (TPSA) is 27.1 Å². The highest BCUT2D eigenvalue weighted by atomic mass is 19.1. The quantitative estimate of drug-likeness (QED) is 0.852. The standard InChI is InChI=1S/C17H23FN2O/c1-12-8-13(9-15(16(12)18)17(2,3)4)14-10-19-20(11-14)6-7-21-5/h8-11H,6-7H2,1-5H3. The van der Waals surface area contributed by atoms with Crippen LogP contribution in [0.25, 0.3) is 11.1 Å². The number of halogens is 1. The largest absolute Gasteiger partial charge is 0.383 e. The van der Waals surface area contributed by atoms with Gasteiger partial charge < -0.3 is 4.74 Å². The van der Waals surface area contributed by atoms with E-state index in [-0.39, 0.29) is 11.2 Å². The third-order valence-electron chi connectivity index (χ3n) is 3.55. The lowest BCUT2D eigenvalue weighted by molar-refractivity contribution is 0.183. The Hall–Kier alpha value is -1.68. The molecular weight excluding hydrogens is 267 g/mol. The van der Waals surface area contributed by atoms with Gasteiger partial charge in [0.2, 0.25) is 0 Å². The fraction of sp³-hybridized carbons (Fsp3) is 0.471. The minimum absolute atomic E-state index is 0.113. The fourth-order valence-electron chi connectivity index (χ4n) is 2.30. The zero-order valence-corrected chi connectivity index (χ0v) is 13.4. The molecule has 0 saturated carbocycles. The van der Waals surface area contributed by atoms with Crippen molar-refractivity contribution < 1.29 is 9.13 Å². The number of ether oxygens (including phenoxy) is 1. The van der Waals surface area contributed by atoms with Gasteiger partial charge in [0.05, 0.1) is 19.3 Å². The van der Waals surface area contributed by atoms with Gasteiger partial charge in [0.25, 0.3) is 0 Å². The van der Waals surface area contributed by atoms with Crippen LogP contribution in [0.5, 0.6) is 0 Å². The van der Waals surface area contributed by atoms with Gasteiger partial charge in [-0.1, -0.05) is 20.8 Å². The number of hydrogen-bond acceptors (Lipinski definition) is 2. The summed E-state index contributed by atoms with van der Waals surface area (Å²) in [7, 11) is 1.67. The van der Waals surface area contributed by atoms with Crippen LogP contribution in [-0.2, 0) is 16.7 Å². The van der Waals surface area contributed by atoms with Crippen LogP contribution in [-0.4, -0.2) is 23.5 Å². The highest BCUT2D eigenvalue weighted by Gasteiger charge is 2.21. The first-order valence-electron chi connectivity index (χ1n) is 7.15. The molecule has 0 unspecified atom stereocenters. The van der Waals surface area contributed by atoms with Crippen molar-refractivity contribution in [2.45, 2.75) is 39.7 Å². The summed E-state index contributed by atoms with van der Waals surface area (Å²) in [6.45, 7) is 9.22. The molecule has 0 radical (unpaired) electrons. The maximum Gasteiger partial charge on any atom is 0.129 e. The summed E-state index contributed by atoms with van der Waals surface area (Å²) in [4.78, 5) is 0. The van der Waals surface area contributed by atoms with E-state index in [1.807, 2.05) is 56.9 Å². The molecule has 0 aliphatic heterocycles. The molecule has 0 aliphatic rings. The monoisotopic (exact) mass is 290 g/mol. The summed E-state index contributed by atoms with van der Waals surface area (Å²) in [6, 6.07) is 3.81. The molecule has 0 N–H and O–H groups in total. The Kier molecular flexibility index (Phi) is 4.47. The van der Waals surface area contributed by atoms with E-state index in [0.29, 0.717) is 18.7 Å². The SMILES string of the molecule is COCCn1cc(-c2cc(C)c(F)c(C(C)(C)C)c2)cn1. The molecule has 0 fully saturated rings. The number of hydrogen-bond donors (Lipinski definition) is 0. The maximum atomic E-state index is 14.3. The molecule has 114 valence electrons. The highest BCUT2D eigenvalue weighted by Crippen LogP contribution is 2.31. The van der Waals surface area contributed by atoms with Crippen molar-refractivity contribution in [2.24, 2.45) is 0 Å². The van der Waals surface area contributed by atoms with Crippen molar-refractivity contribution in [3.8, 4) is 11.1 Å². The fourth-order valence-corrected chi connectivity index (χ4v) is 2.30. The average Bonchev–Trinajstić information content (AvgIpc) is 2.86. The van der Waals surface area contributed by atoms with Crippen LogP contribution in [0.4, 0.5) is 4.39 Å². The van der Waals surface area contributed by atoms with E-state index in [0.717, 1.165) is 16.7 Å². The highest BCUT2D eigenvalue weighted by molar-refractivity contribution is 5.64. The van der Waals surface area contributed by atoms with E-state index in [1.54, 1.807) is 7.11 Å². The van der Waals surface area contributed by atoms with Crippen LogP contribution in [0, 0.1) is 12.7 Å². The molecule has 1 aromatic heterocycles. The third kappa shape index (κ3) is 3.50. The van der Waals surface area contributed by atoms with Crippen LogP contribution in [0.1, 0.15) is 31.9 Å². The number of methoxy groups -OCH3 is 1. The summed E-state index contributed by atoms with van der Waals surface area (Å²) < 4.78 is 21.2. The van der Waals surface area contributed by atoms with Crippen molar-refractivity contribution >= 4 is 0 Å². The first-order valence-corrected chi connectivity index (χ1v) is 7.15. The lowest BCUT2D eigenvalue weighted by Gasteiger charge is -2.21. The first kappa shape index (κ1) is 15.7. The zero-order valence-electron chi connectivity index (χ0n) is 13.4. The second-order valence-electron chi connectivity index (χ2n) is 6.39. The normalized spacial score (nSPS) is 11.9. The minimum atomic E-state index is -0.225. The molecule has 3 nitrogen and oxygen atoms in total. The molecule has 2 aromatic rings. The summed E-state index contributed by atoms with van der Waals surface area (Å²) in [5.41, 5.74) is 3.18. The van der Waals surface area contributed by atoms with Gasteiger partial charge in [-0.15, -0.1) is 0 Å². The van der Waals surface area contributed by atoms with E-state index in [9.17, 15) is 4.39 Å². The Morgan fingerprint density at radius 2 is 1.95 bits per heavy atom. The number of rotatable bonds is 4. The molecule has 1 heterocycles. The van der Waals surface area contributed by atoms with E-state index in [2.05, 4.69) is 5.10 Å². The number of nitrogens with zero attached hydrogens (tertiary/aromatic N) is 2. The summed E-state index contributed by atoms with van der Waals surface area (Å²) in [5.74, 6) is -0.113. The Morgan fingerprint density at radius 1 is 1.24 bits per heavy atom. The zero-order chi connectivity index (χ0) is 15.6. The number of aromatic nitrogens is 2. The van der Waals surface area contributed by atoms with Crippen LogP contribution >= 0.6 is 0 Å². The van der Waals surface area contributed by atoms with E-state index < -0.39 is 0 Å². The molecule has 0 aliphatic carbocycles. The lowest BCUT2D eigenvalue weighted by atomic mass is 9.84. The first-order chi connectivity index (χ1) is 9.82. The predicted molar refractivity (Wildman–Crippen MR) is 82.9 cm³/mol. The van der Waals surface area contributed by atoms with Gasteiger partial charge in [-0.05, 0) is 41.2 Å². The number of benzene rings is 1. The van der Waals surface area contributed by atoms with Crippen molar-refractivity contribution in [1.82, 2.24) is 9.78 Å². The molecule has 4 heteroatoms. The Morgan fingerprint density at radius 3 is 2.57 bits per heavy atom. The van der Waals surface area contributed by atoms with E-state index >= 15 is 0 Å². The smallest absolute Gasteiger partial charge is 0.129 e. The second-order valence-corrected chi connectivity index (χ2v) is 6.39. The second kappa shape index (κ2) is 5.98. The molecule has 0 bridgehead atoms. The minimum Gasteiger partial charge on any atom is -0.383 e. The summed E-state index contributed by atoms with van der Waals surface area (Å²) in [5, 5.41) is 4.32. The van der Waals surface area contributed by atoms with E-state index in [4.69, 9.17) is 4.74 Å². The van der Waals surface area contributed by atoms with E-state index in [1.165, 1.54) is 0 Å². The lowest BCUT2D eigenvalue weighted by Crippen LogP contribution is -2.14. The molecule has 2 rings (SSSR count). The van der Waals surface area contributed by atoms with Crippen molar-refractivity contribution in [2.75, 3.05) is 13.7 Å². The Bertz CT molecular complexity index is 626. The third-order valence-corrected chi connectivity index (χ3v) is 3.55. The molecule has 0 atom stereocenters. The van der Waals surface area contributed by atoms with Gasteiger partial charge in [-0.3, -0.25) is 4.68 Å². The summed E-state index contributed by atoms with van der Waals surface area (Å²) >= 11 is 0. The molecule has 0 saturated heterocycles. The van der Waals surface area contributed by atoms with Crippen molar-refractivity contribution in [3.05, 3.63) is 41.5 Å². The van der Waals surface area contributed by atoms with Gasteiger partial charge in [0, 0.05) is 18.9 Å². The van der Waals surface area contributed by atoms with Crippen molar-refractivity contribution in [3.63, 3.8) is 0 Å². The van der Waals surface area contributed by atoms with Crippen LogP contribution in [0.3, 0.4) is 0 Å². The molecule has 0 spiro atoms. The number of aryl methyl sites for hydroxylation is 1. The van der Waals surface area contributed by atoms with Crippen molar-refractivity contribution in [1.29, 1.82) is 0 Å². The molecule has 1 aromatic carbocycles. The van der Waals surface area contributed by atoms with Gasteiger partial charge in [-0.25, -0.2) is 4.39 Å². The van der Waals surface area contributed by atoms with Crippen LogP contribution in [0.2, 0.25) is 0 Å². The van der Waals surface area contributed by atoms with Gasteiger partial charge in [0.15, 0.2) is 0 Å². The maximum absolute atomic E-state index is 14.3.